The first-order valence-corrected chi connectivity index (χ1v) is 6.12. The van der Waals surface area contributed by atoms with E-state index in [1.165, 1.54) is 18.2 Å². The molecule has 96 valence electrons. The maximum absolute atomic E-state index is 13.6. The number of nitrogens with zero attached hydrogens (tertiary/aromatic N) is 2. The summed E-state index contributed by atoms with van der Waals surface area (Å²) in [7, 11) is 0. The Balaban J connectivity index is 2.21. The number of aromatic nitrogens is 2. The SMILES string of the molecule is CCn1ccnc1CC(O)c1cc(Cl)ccc1F. The fourth-order valence-electron chi connectivity index (χ4n) is 1.87. The maximum atomic E-state index is 13.6. The summed E-state index contributed by atoms with van der Waals surface area (Å²) in [6, 6.07) is 4.16. The van der Waals surface area contributed by atoms with Crippen molar-refractivity contribution in [2.45, 2.75) is 26.0 Å². The number of rotatable bonds is 4. The van der Waals surface area contributed by atoms with Gasteiger partial charge in [-0.1, -0.05) is 11.6 Å². The van der Waals surface area contributed by atoms with Crippen molar-refractivity contribution in [1.29, 1.82) is 0 Å². The largest absolute Gasteiger partial charge is 0.388 e. The molecule has 0 bridgehead atoms. The van der Waals surface area contributed by atoms with Crippen LogP contribution in [0.15, 0.2) is 30.6 Å². The number of aliphatic hydroxyl groups is 1. The number of aliphatic hydroxyl groups excluding tert-OH is 1. The average molecular weight is 269 g/mol. The molecular weight excluding hydrogens is 255 g/mol. The lowest BCUT2D eigenvalue weighted by molar-refractivity contribution is 0.170. The predicted molar refractivity (Wildman–Crippen MR) is 68.0 cm³/mol. The van der Waals surface area contributed by atoms with Gasteiger partial charge in [0.25, 0.3) is 0 Å². The third kappa shape index (κ3) is 2.71. The molecule has 1 heterocycles. The minimum atomic E-state index is -0.948. The molecule has 1 aromatic carbocycles. The minimum absolute atomic E-state index is 0.202. The normalized spacial score (nSPS) is 12.7. The lowest BCUT2D eigenvalue weighted by atomic mass is 10.1. The molecule has 0 spiro atoms. The third-order valence-electron chi connectivity index (χ3n) is 2.84. The summed E-state index contributed by atoms with van der Waals surface area (Å²) in [5.74, 6) is 0.269. The molecule has 0 saturated carbocycles. The van der Waals surface area contributed by atoms with Gasteiger partial charge in [0.1, 0.15) is 11.6 Å². The zero-order valence-electron chi connectivity index (χ0n) is 9.98. The molecule has 3 nitrogen and oxygen atoms in total. The van der Waals surface area contributed by atoms with Crippen molar-refractivity contribution < 1.29 is 9.50 Å². The molecule has 0 radical (unpaired) electrons. The summed E-state index contributed by atoms with van der Waals surface area (Å²) in [5, 5.41) is 10.5. The number of benzene rings is 1. The molecule has 0 fully saturated rings. The van der Waals surface area contributed by atoms with E-state index in [0.29, 0.717) is 5.02 Å². The Kier molecular flexibility index (Phi) is 3.99. The average Bonchev–Trinajstić information content (AvgIpc) is 2.79. The highest BCUT2D eigenvalue weighted by molar-refractivity contribution is 6.30. The van der Waals surface area contributed by atoms with Crippen LogP contribution in [0, 0.1) is 5.82 Å². The number of hydrogen-bond donors (Lipinski definition) is 1. The first-order chi connectivity index (χ1) is 8.61. The molecule has 1 atom stereocenters. The Hall–Kier alpha value is -1.39. The maximum Gasteiger partial charge on any atom is 0.129 e. The summed E-state index contributed by atoms with van der Waals surface area (Å²) >= 11 is 5.80. The van der Waals surface area contributed by atoms with E-state index in [9.17, 15) is 9.50 Å². The van der Waals surface area contributed by atoms with Gasteiger partial charge in [-0.15, -0.1) is 0 Å². The number of hydrogen-bond acceptors (Lipinski definition) is 2. The van der Waals surface area contributed by atoms with Gasteiger partial charge in [-0.2, -0.15) is 0 Å². The highest BCUT2D eigenvalue weighted by atomic mass is 35.5. The van der Waals surface area contributed by atoms with Crippen LogP contribution in [0.1, 0.15) is 24.4 Å². The molecule has 0 aliphatic heterocycles. The van der Waals surface area contributed by atoms with Gasteiger partial charge in [-0.05, 0) is 25.1 Å². The highest BCUT2D eigenvalue weighted by Crippen LogP contribution is 2.23. The quantitative estimate of drug-likeness (QED) is 0.926. The van der Waals surface area contributed by atoms with Crippen LogP contribution in [0.4, 0.5) is 4.39 Å². The Bertz CT molecular complexity index is 542. The van der Waals surface area contributed by atoms with E-state index in [1.807, 2.05) is 17.7 Å². The van der Waals surface area contributed by atoms with Crippen molar-refractivity contribution in [1.82, 2.24) is 9.55 Å². The van der Waals surface area contributed by atoms with Crippen LogP contribution in [-0.2, 0) is 13.0 Å². The Morgan fingerprint density at radius 1 is 1.50 bits per heavy atom. The van der Waals surface area contributed by atoms with E-state index in [1.54, 1.807) is 6.20 Å². The molecule has 18 heavy (non-hydrogen) atoms. The van der Waals surface area contributed by atoms with E-state index in [-0.39, 0.29) is 12.0 Å². The van der Waals surface area contributed by atoms with Gasteiger partial charge in [0.05, 0.1) is 6.10 Å². The lowest BCUT2D eigenvalue weighted by Crippen LogP contribution is -2.09. The van der Waals surface area contributed by atoms with E-state index >= 15 is 0 Å². The molecule has 0 aliphatic rings. The Morgan fingerprint density at radius 3 is 3.00 bits per heavy atom. The molecule has 1 unspecified atom stereocenters. The van der Waals surface area contributed by atoms with Gasteiger partial charge in [-0.25, -0.2) is 9.37 Å². The molecule has 0 aliphatic carbocycles. The summed E-state index contributed by atoms with van der Waals surface area (Å²) in [5.41, 5.74) is 0.202. The Labute approximate surface area is 110 Å². The van der Waals surface area contributed by atoms with Crippen molar-refractivity contribution in [3.05, 3.63) is 52.8 Å². The zero-order chi connectivity index (χ0) is 13.1. The van der Waals surface area contributed by atoms with Crippen LogP contribution in [0.5, 0.6) is 0 Å². The second-order valence-electron chi connectivity index (χ2n) is 4.02. The second kappa shape index (κ2) is 5.50. The molecular formula is C13H14ClFN2O. The molecule has 2 rings (SSSR count). The fourth-order valence-corrected chi connectivity index (χ4v) is 2.05. The first kappa shape index (κ1) is 13.1. The number of aryl methyl sites for hydroxylation is 1. The Morgan fingerprint density at radius 2 is 2.28 bits per heavy atom. The minimum Gasteiger partial charge on any atom is -0.388 e. The summed E-state index contributed by atoms with van der Waals surface area (Å²) in [6.45, 7) is 2.75. The van der Waals surface area contributed by atoms with E-state index in [4.69, 9.17) is 11.6 Å². The van der Waals surface area contributed by atoms with E-state index in [0.717, 1.165) is 12.4 Å². The molecule has 0 amide bonds. The number of halogens is 2. The van der Waals surface area contributed by atoms with Crippen LogP contribution in [0.2, 0.25) is 5.02 Å². The van der Waals surface area contributed by atoms with Gasteiger partial charge in [-0.3, -0.25) is 0 Å². The van der Waals surface area contributed by atoms with Crippen molar-refractivity contribution in [3.8, 4) is 0 Å². The monoisotopic (exact) mass is 268 g/mol. The first-order valence-electron chi connectivity index (χ1n) is 5.74. The standard InChI is InChI=1S/C13H14ClFN2O/c1-2-17-6-5-16-13(17)8-12(18)10-7-9(14)3-4-11(10)15/h3-7,12,18H,2,8H2,1H3. The van der Waals surface area contributed by atoms with Gasteiger partial charge >= 0.3 is 0 Å². The molecule has 1 N–H and O–H groups in total. The molecule has 0 saturated heterocycles. The summed E-state index contributed by atoms with van der Waals surface area (Å²) in [6.07, 6.45) is 2.81. The van der Waals surface area contributed by atoms with Crippen LogP contribution < -0.4 is 0 Å². The molecule has 1 aromatic heterocycles. The van der Waals surface area contributed by atoms with Gasteiger partial charge < -0.3 is 9.67 Å². The van der Waals surface area contributed by atoms with Crippen molar-refractivity contribution in [2.24, 2.45) is 0 Å². The topological polar surface area (TPSA) is 38.0 Å². The fraction of sp³-hybridized carbons (Fsp3) is 0.308. The molecule has 2 aromatic rings. The van der Waals surface area contributed by atoms with Crippen LogP contribution >= 0.6 is 11.6 Å². The van der Waals surface area contributed by atoms with Crippen molar-refractivity contribution >= 4 is 11.6 Å². The van der Waals surface area contributed by atoms with Crippen molar-refractivity contribution in [3.63, 3.8) is 0 Å². The third-order valence-corrected chi connectivity index (χ3v) is 3.07. The van der Waals surface area contributed by atoms with Gasteiger partial charge in [0, 0.05) is 35.9 Å². The second-order valence-corrected chi connectivity index (χ2v) is 4.45. The summed E-state index contributed by atoms with van der Waals surface area (Å²) < 4.78 is 15.5. The lowest BCUT2D eigenvalue weighted by Gasteiger charge is -2.13. The van der Waals surface area contributed by atoms with Gasteiger partial charge in [0.2, 0.25) is 0 Å². The predicted octanol–water partition coefficient (Wildman–Crippen LogP) is 2.97. The highest BCUT2D eigenvalue weighted by Gasteiger charge is 2.16. The summed E-state index contributed by atoms with van der Waals surface area (Å²) in [4.78, 5) is 4.15. The van der Waals surface area contributed by atoms with Crippen LogP contribution in [-0.4, -0.2) is 14.7 Å². The smallest absolute Gasteiger partial charge is 0.129 e. The van der Waals surface area contributed by atoms with Crippen molar-refractivity contribution in [2.75, 3.05) is 0 Å². The van der Waals surface area contributed by atoms with E-state index in [2.05, 4.69) is 4.98 Å². The molecule has 5 heteroatoms. The zero-order valence-corrected chi connectivity index (χ0v) is 10.7. The van der Waals surface area contributed by atoms with Crippen LogP contribution in [0.3, 0.4) is 0 Å². The van der Waals surface area contributed by atoms with E-state index < -0.39 is 11.9 Å². The van der Waals surface area contributed by atoms with Crippen LogP contribution in [0.25, 0.3) is 0 Å². The van der Waals surface area contributed by atoms with Gasteiger partial charge in [0.15, 0.2) is 0 Å². The number of imidazole rings is 1.